The van der Waals surface area contributed by atoms with E-state index in [1.54, 1.807) is 0 Å². The molecule has 3 N–H and O–H groups in total. The predicted molar refractivity (Wildman–Crippen MR) is 72.3 cm³/mol. The summed E-state index contributed by atoms with van der Waals surface area (Å²) in [7, 11) is 0. The molecule has 1 aromatic rings. The molecule has 0 radical (unpaired) electrons. The number of piperidine rings is 1. The first-order valence-electron chi connectivity index (χ1n) is 5.27. The van der Waals surface area contributed by atoms with Crippen LogP contribution in [-0.2, 0) is 4.79 Å². The molecule has 1 heterocycles. The lowest BCUT2D eigenvalue weighted by Crippen LogP contribution is -2.25. The Bertz CT molecular complexity index is 398. The minimum absolute atomic E-state index is 0. The smallest absolute Gasteiger partial charge is 0.140 e. The average Bonchev–Trinajstić information content (AvgIpc) is 2.22. The van der Waals surface area contributed by atoms with Crippen LogP contribution in [0.5, 0.6) is 0 Å². The molecule has 1 fully saturated rings. The second-order valence-corrected chi connectivity index (χ2v) is 3.97. The number of carbonyl (C=O) groups excluding carboxylic acids is 1. The Kier molecular flexibility index (Phi) is 6.54. The van der Waals surface area contributed by atoms with Crippen molar-refractivity contribution < 1.29 is 10.3 Å². The lowest BCUT2D eigenvalue weighted by atomic mass is 10.1. The van der Waals surface area contributed by atoms with Gasteiger partial charge in [-0.1, -0.05) is 29.8 Å². The Labute approximate surface area is 108 Å². The fourth-order valence-electron chi connectivity index (χ4n) is 1.69. The van der Waals surface area contributed by atoms with Crippen LogP contribution in [0.1, 0.15) is 24.0 Å². The van der Waals surface area contributed by atoms with Crippen molar-refractivity contribution in [3.8, 4) is 0 Å². The largest absolute Gasteiger partial charge is 0.412 e. The summed E-state index contributed by atoms with van der Waals surface area (Å²) in [6, 6.07) is 8.31. The van der Waals surface area contributed by atoms with E-state index in [4.69, 9.17) is 0 Å². The number of hydrogen-bond acceptors (Lipinski definition) is 2. The van der Waals surface area contributed by atoms with Crippen LogP contribution >= 0.6 is 12.4 Å². The maximum Gasteiger partial charge on any atom is 0.140 e. The zero-order valence-corrected chi connectivity index (χ0v) is 10.6. The zero-order chi connectivity index (χ0) is 10.7. The number of benzene rings is 1. The van der Waals surface area contributed by atoms with Crippen molar-refractivity contribution in [3.63, 3.8) is 0 Å². The van der Waals surface area contributed by atoms with Crippen LogP contribution in [0.4, 0.5) is 0 Å². The fraction of sp³-hybridized carbons (Fsp3) is 0.308. The van der Waals surface area contributed by atoms with Crippen LogP contribution < -0.4 is 5.32 Å². The first-order valence-corrected chi connectivity index (χ1v) is 5.27. The quantitative estimate of drug-likeness (QED) is 0.833. The number of ketones is 1. The van der Waals surface area contributed by atoms with Crippen molar-refractivity contribution in [2.45, 2.75) is 19.8 Å². The highest BCUT2D eigenvalue weighted by Gasteiger charge is 2.11. The van der Waals surface area contributed by atoms with E-state index in [0.717, 1.165) is 17.8 Å². The van der Waals surface area contributed by atoms with Gasteiger partial charge in [0.15, 0.2) is 0 Å². The van der Waals surface area contributed by atoms with Crippen LogP contribution in [0, 0.1) is 6.92 Å². The van der Waals surface area contributed by atoms with Gasteiger partial charge in [0.05, 0.1) is 0 Å². The minimum atomic E-state index is 0. The van der Waals surface area contributed by atoms with Gasteiger partial charge in [0.25, 0.3) is 0 Å². The van der Waals surface area contributed by atoms with Crippen LogP contribution in [0.15, 0.2) is 30.0 Å². The number of halogens is 1. The molecule has 0 bridgehead atoms. The van der Waals surface area contributed by atoms with Crippen molar-refractivity contribution in [2.24, 2.45) is 0 Å². The van der Waals surface area contributed by atoms with Crippen molar-refractivity contribution in [1.29, 1.82) is 0 Å². The number of nitrogens with one attached hydrogen (secondary N) is 1. The number of hydrogen-bond donors (Lipinski definition) is 1. The van der Waals surface area contributed by atoms with Gasteiger partial charge in [-0.15, -0.1) is 12.4 Å². The summed E-state index contributed by atoms with van der Waals surface area (Å²) >= 11 is 0. The third kappa shape index (κ3) is 4.59. The molecule has 0 aliphatic carbocycles. The van der Waals surface area contributed by atoms with E-state index in [-0.39, 0.29) is 17.9 Å². The normalized spacial score (nSPS) is 16.8. The van der Waals surface area contributed by atoms with E-state index < -0.39 is 0 Å². The van der Waals surface area contributed by atoms with Gasteiger partial charge < -0.3 is 10.8 Å². The molecule has 3 nitrogen and oxygen atoms in total. The molecule has 17 heavy (non-hydrogen) atoms. The van der Waals surface area contributed by atoms with Gasteiger partial charge in [0.2, 0.25) is 0 Å². The van der Waals surface area contributed by atoms with E-state index in [1.807, 2.05) is 0 Å². The van der Waals surface area contributed by atoms with Gasteiger partial charge in [0.1, 0.15) is 5.78 Å². The third-order valence-electron chi connectivity index (χ3n) is 2.56. The van der Waals surface area contributed by atoms with Gasteiger partial charge in [-0.3, -0.25) is 4.79 Å². The van der Waals surface area contributed by atoms with Gasteiger partial charge >= 0.3 is 0 Å². The second-order valence-electron chi connectivity index (χ2n) is 3.97. The summed E-state index contributed by atoms with van der Waals surface area (Å²) < 4.78 is 0. The standard InChI is InChI=1S/C13H15NO.ClH.H2O/c1-10-2-4-11(5-3-10)8-12-9-13(15)6-7-14-12;;/h2-5,8,14H,6-7,9H2,1H3;1H;1H2/b12-8-;;. The zero-order valence-electron chi connectivity index (χ0n) is 9.82. The molecule has 1 aliphatic heterocycles. The van der Waals surface area contributed by atoms with Gasteiger partial charge in [-0.2, -0.15) is 0 Å². The van der Waals surface area contributed by atoms with Crippen molar-refractivity contribution in [3.05, 3.63) is 41.1 Å². The van der Waals surface area contributed by atoms with E-state index >= 15 is 0 Å². The van der Waals surface area contributed by atoms with E-state index in [9.17, 15) is 4.79 Å². The minimum Gasteiger partial charge on any atom is -0.412 e. The third-order valence-corrected chi connectivity index (χ3v) is 2.56. The number of aryl methyl sites for hydroxylation is 1. The monoisotopic (exact) mass is 255 g/mol. The molecular formula is C13H18ClNO2. The van der Waals surface area contributed by atoms with Crippen LogP contribution in [-0.4, -0.2) is 17.8 Å². The molecule has 0 spiro atoms. The number of carbonyl (C=O) groups is 1. The molecule has 0 atom stereocenters. The maximum atomic E-state index is 11.2. The molecule has 1 saturated heterocycles. The number of Topliss-reactive ketones (excluding diaryl/α,β-unsaturated/α-hetero) is 1. The molecule has 4 heteroatoms. The molecular weight excluding hydrogens is 238 g/mol. The maximum absolute atomic E-state index is 11.2. The highest BCUT2D eigenvalue weighted by Crippen LogP contribution is 2.12. The summed E-state index contributed by atoms with van der Waals surface area (Å²) in [5, 5.41) is 3.25. The summed E-state index contributed by atoms with van der Waals surface area (Å²) in [4.78, 5) is 11.2. The Morgan fingerprint density at radius 1 is 1.24 bits per heavy atom. The van der Waals surface area contributed by atoms with Crippen molar-refractivity contribution in [1.82, 2.24) is 5.32 Å². The Morgan fingerprint density at radius 3 is 2.47 bits per heavy atom. The van der Waals surface area contributed by atoms with E-state index in [0.29, 0.717) is 18.6 Å². The SMILES string of the molecule is Cc1ccc(/C=C2/CC(=O)CCN2)cc1.Cl.O. The van der Waals surface area contributed by atoms with E-state index in [2.05, 4.69) is 42.6 Å². The lowest BCUT2D eigenvalue weighted by Gasteiger charge is -2.15. The Morgan fingerprint density at radius 2 is 1.88 bits per heavy atom. The van der Waals surface area contributed by atoms with Crippen LogP contribution in [0.25, 0.3) is 6.08 Å². The highest BCUT2D eigenvalue weighted by atomic mass is 35.5. The van der Waals surface area contributed by atoms with Crippen LogP contribution in [0.2, 0.25) is 0 Å². The second kappa shape index (κ2) is 7.09. The molecule has 0 unspecified atom stereocenters. The van der Waals surface area contributed by atoms with Crippen molar-refractivity contribution in [2.75, 3.05) is 6.54 Å². The topological polar surface area (TPSA) is 60.6 Å². The highest BCUT2D eigenvalue weighted by molar-refractivity contribution is 5.85. The molecule has 0 amide bonds. The molecule has 1 aromatic carbocycles. The first kappa shape index (κ1) is 15.7. The summed E-state index contributed by atoms with van der Waals surface area (Å²) in [5.74, 6) is 0.326. The summed E-state index contributed by atoms with van der Waals surface area (Å²) in [5.41, 5.74) is 3.44. The number of rotatable bonds is 1. The van der Waals surface area contributed by atoms with Crippen LogP contribution in [0.3, 0.4) is 0 Å². The molecule has 0 aromatic heterocycles. The summed E-state index contributed by atoms with van der Waals surface area (Å²) in [6.45, 7) is 2.84. The van der Waals surface area contributed by atoms with Gasteiger partial charge in [0, 0.05) is 25.1 Å². The number of allylic oxidation sites excluding steroid dienone is 1. The Balaban J connectivity index is 0.00000128. The van der Waals surface area contributed by atoms with Gasteiger partial charge in [-0.25, -0.2) is 0 Å². The molecule has 94 valence electrons. The van der Waals surface area contributed by atoms with Gasteiger partial charge in [-0.05, 0) is 18.6 Å². The Hall–Kier alpha value is -1.32. The van der Waals surface area contributed by atoms with E-state index in [1.165, 1.54) is 5.56 Å². The molecule has 1 aliphatic rings. The molecule has 2 rings (SSSR count). The van der Waals surface area contributed by atoms with Crippen molar-refractivity contribution >= 4 is 24.3 Å². The predicted octanol–water partition coefficient (Wildman–Crippen LogP) is 1.89. The first-order chi connectivity index (χ1) is 7.24. The summed E-state index contributed by atoms with van der Waals surface area (Å²) in [6.07, 6.45) is 3.26. The fourth-order valence-corrected chi connectivity index (χ4v) is 1.69. The lowest BCUT2D eigenvalue weighted by molar-refractivity contribution is -0.119. The molecule has 0 saturated carbocycles. The average molecular weight is 256 g/mol.